The first kappa shape index (κ1) is 21.9. The molecule has 0 spiro atoms. The van der Waals surface area contributed by atoms with E-state index in [9.17, 15) is 5.11 Å². The number of fused-ring (bicyclic) bond motifs is 1. The van der Waals surface area contributed by atoms with E-state index < -0.39 is 11.9 Å². The maximum atomic E-state index is 15.1. The van der Waals surface area contributed by atoms with Crippen LogP contribution in [-0.2, 0) is 0 Å². The highest BCUT2D eigenvalue weighted by atomic mass is 35.5. The van der Waals surface area contributed by atoms with Gasteiger partial charge in [0, 0.05) is 36.7 Å². The number of likely N-dealkylation sites (tertiary alicyclic amines) is 1. The molecular formula is C22H27ClFN5O2. The Morgan fingerprint density at radius 2 is 1.97 bits per heavy atom. The molecule has 166 valence electrons. The molecule has 1 aromatic carbocycles. The first-order valence-corrected chi connectivity index (χ1v) is 10.7. The van der Waals surface area contributed by atoms with Crippen molar-refractivity contribution in [1.29, 1.82) is 0 Å². The molecule has 1 fully saturated rings. The lowest BCUT2D eigenvalue weighted by atomic mass is 9.87. The van der Waals surface area contributed by atoms with Crippen molar-refractivity contribution in [3.63, 3.8) is 0 Å². The maximum Gasteiger partial charge on any atom is 0.162 e. The summed E-state index contributed by atoms with van der Waals surface area (Å²) in [5.74, 6) is -0.0157. The van der Waals surface area contributed by atoms with Gasteiger partial charge in [0.15, 0.2) is 5.65 Å². The molecule has 3 aromatic rings. The number of aliphatic hydroxyl groups is 1. The Kier molecular flexibility index (Phi) is 5.89. The Balaban J connectivity index is 1.78. The predicted molar refractivity (Wildman–Crippen MR) is 117 cm³/mol. The Morgan fingerprint density at radius 1 is 1.26 bits per heavy atom. The van der Waals surface area contributed by atoms with Crippen LogP contribution in [0.25, 0.3) is 11.0 Å². The minimum Gasteiger partial charge on any atom is -0.496 e. The molecule has 0 saturated carbocycles. The normalized spacial score (nSPS) is 17.0. The van der Waals surface area contributed by atoms with E-state index in [1.807, 2.05) is 25.5 Å². The summed E-state index contributed by atoms with van der Waals surface area (Å²) < 4.78 is 22.7. The van der Waals surface area contributed by atoms with E-state index in [1.165, 1.54) is 6.33 Å². The van der Waals surface area contributed by atoms with Crippen LogP contribution in [0.1, 0.15) is 48.3 Å². The molecule has 3 heterocycles. The van der Waals surface area contributed by atoms with E-state index in [4.69, 9.17) is 21.4 Å². The third kappa shape index (κ3) is 3.77. The van der Waals surface area contributed by atoms with Gasteiger partial charge in [0.1, 0.15) is 17.9 Å². The molecule has 0 bridgehead atoms. The number of β-amino-alcohol motifs (C(OH)–C–C–N with tert-alkyl or cyclic N) is 1. The monoisotopic (exact) mass is 447 g/mol. The molecule has 1 aliphatic heterocycles. The number of hydrogen-bond acceptors (Lipinski definition) is 6. The van der Waals surface area contributed by atoms with Gasteiger partial charge in [0.25, 0.3) is 0 Å². The summed E-state index contributed by atoms with van der Waals surface area (Å²) in [6, 6.07) is 1.33. The van der Waals surface area contributed by atoms with Crippen molar-refractivity contribution in [2.45, 2.75) is 45.8 Å². The summed E-state index contributed by atoms with van der Waals surface area (Å²) in [7, 11) is 1.55. The van der Waals surface area contributed by atoms with Gasteiger partial charge in [-0.2, -0.15) is 5.10 Å². The molecule has 4 rings (SSSR count). The van der Waals surface area contributed by atoms with E-state index in [0.717, 1.165) is 22.3 Å². The molecular weight excluding hydrogens is 421 g/mol. The van der Waals surface area contributed by atoms with Crippen LogP contribution in [0, 0.1) is 19.7 Å². The summed E-state index contributed by atoms with van der Waals surface area (Å²) >= 11 is 6.33. The van der Waals surface area contributed by atoms with Gasteiger partial charge in [0.05, 0.1) is 41.1 Å². The first-order chi connectivity index (χ1) is 14.7. The van der Waals surface area contributed by atoms with Crippen molar-refractivity contribution >= 4 is 22.6 Å². The molecule has 2 atom stereocenters. The lowest BCUT2D eigenvalue weighted by Crippen LogP contribution is -2.48. The fourth-order valence-electron chi connectivity index (χ4n) is 4.55. The number of methoxy groups -OCH3 is 1. The highest BCUT2D eigenvalue weighted by Gasteiger charge is 2.36. The van der Waals surface area contributed by atoms with Gasteiger partial charge < -0.3 is 9.84 Å². The number of halogens is 2. The lowest BCUT2D eigenvalue weighted by molar-refractivity contribution is 0.0723. The Hall–Kier alpha value is -2.29. The van der Waals surface area contributed by atoms with Crippen LogP contribution < -0.4 is 4.74 Å². The fraction of sp³-hybridized carbons (Fsp3) is 0.500. The third-order valence-electron chi connectivity index (χ3n) is 6.00. The zero-order valence-corrected chi connectivity index (χ0v) is 19.1. The van der Waals surface area contributed by atoms with E-state index in [0.29, 0.717) is 36.6 Å². The predicted octanol–water partition coefficient (Wildman–Crippen LogP) is 3.63. The fourth-order valence-corrected chi connectivity index (χ4v) is 4.77. The summed E-state index contributed by atoms with van der Waals surface area (Å²) in [5, 5.41) is 15.3. The van der Waals surface area contributed by atoms with E-state index in [-0.39, 0.29) is 17.0 Å². The molecule has 2 aromatic heterocycles. The standard InChI is InChI=1S/C22H27ClFN5O2/c1-11(30)7-28-8-15(9-28)19-20(24)17(23)6-16(21(19)31-5)14(4)29-22-18(13(3)27-29)12(2)25-10-26-22/h6,10-11,14-15,30H,7-9H2,1-5H3/t11-,14?/m0/s1. The molecule has 1 saturated heterocycles. The second-order valence-corrected chi connectivity index (χ2v) is 8.74. The third-order valence-corrected chi connectivity index (χ3v) is 6.27. The molecule has 0 amide bonds. The number of aromatic nitrogens is 4. The second kappa shape index (κ2) is 8.33. The number of nitrogens with zero attached hydrogens (tertiary/aromatic N) is 5. The van der Waals surface area contributed by atoms with Crippen molar-refractivity contribution in [3.8, 4) is 5.75 Å². The average Bonchev–Trinajstić information content (AvgIpc) is 3.03. The maximum absolute atomic E-state index is 15.1. The van der Waals surface area contributed by atoms with Crippen molar-refractivity contribution in [1.82, 2.24) is 24.6 Å². The smallest absolute Gasteiger partial charge is 0.162 e. The van der Waals surface area contributed by atoms with Crippen LogP contribution in [0.5, 0.6) is 5.75 Å². The topological polar surface area (TPSA) is 76.3 Å². The minimum atomic E-state index is -0.448. The molecule has 31 heavy (non-hydrogen) atoms. The van der Waals surface area contributed by atoms with Crippen LogP contribution in [0.2, 0.25) is 5.02 Å². The first-order valence-electron chi connectivity index (χ1n) is 10.4. The van der Waals surface area contributed by atoms with Crippen molar-refractivity contribution in [2.24, 2.45) is 0 Å². The minimum absolute atomic E-state index is 0.0565. The summed E-state index contributed by atoms with van der Waals surface area (Å²) in [5.41, 5.74) is 3.64. The van der Waals surface area contributed by atoms with Crippen LogP contribution in [0.4, 0.5) is 4.39 Å². The number of ether oxygens (including phenoxy) is 1. The van der Waals surface area contributed by atoms with Crippen LogP contribution >= 0.6 is 11.6 Å². The van der Waals surface area contributed by atoms with E-state index in [1.54, 1.807) is 20.1 Å². The Labute approximate surface area is 185 Å². The van der Waals surface area contributed by atoms with Crippen LogP contribution in [0.15, 0.2) is 12.4 Å². The van der Waals surface area contributed by atoms with E-state index >= 15 is 4.39 Å². The van der Waals surface area contributed by atoms with Gasteiger partial charge in [-0.3, -0.25) is 4.90 Å². The van der Waals surface area contributed by atoms with E-state index in [2.05, 4.69) is 14.9 Å². The number of benzene rings is 1. The van der Waals surface area contributed by atoms with Crippen molar-refractivity contribution in [3.05, 3.63) is 45.7 Å². The molecule has 1 unspecified atom stereocenters. The summed E-state index contributed by atoms with van der Waals surface area (Å²) in [4.78, 5) is 10.8. The molecule has 0 radical (unpaired) electrons. The van der Waals surface area contributed by atoms with Gasteiger partial charge in [-0.05, 0) is 33.8 Å². The zero-order chi connectivity index (χ0) is 22.4. The van der Waals surface area contributed by atoms with Gasteiger partial charge in [0.2, 0.25) is 0 Å². The molecule has 9 heteroatoms. The van der Waals surface area contributed by atoms with Gasteiger partial charge in [-0.1, -0.05) is 11.6 Å². The molecule has 1 aliphatic rings. The molecule has 0 aliphatic carbocycles. The highest BCUT2D eigenvalue weighted by Crippen LogP contribution is 2.43. The Morgan fingerprint density at radius 3 is 2.61 bits per heavy atom. The number of aryl methyl sites for hydroxylation is 2. The number of rotatable bonds is 6. The van der Waals surface area contributed by atoms with Crippen molar-refractivity contribution < 1.29 is 14.2 Å². The highest BCUT2D eigenvalue weighted by molar-refractivity contribution is 6.31. The molecule has 1 N–H and O–H groups in total. The van der Waals surface area contributed by atoms with Crippen molar-refractivity contribution in [2.75, 3.05) is 26.7 Å². The number of aliphatic hydroxyl groups excluding tert-OH is 1. The summed E-state index contributed by atoms with van der Waals surface area (Å²) in [6.45, 7) is 9.41. The van der Waals surface area contributed by atoms with Gasteiger partial charge in [-0.25, -0.2) is 19.0 Å². The average molecular weight is 448 g/mol. The second-order valence-electron chi connectivity index (χ2n) is 8.34. The number of hydrogen-bond donors (Lipinski definition) is 1. The lowest BCUT2D eigenvalue weighted by Gasteiger charge is -2.41. The van der Waals surface area contributed by atoms with Gasteiger partial charge in [-0.15, -0.1) is 0 Å². The summed E-state index contributed by atoms with van der Waals surface area (Å²) in [6.07, 6.45) is 1.09. The SMILES string of the molecule is COc1c(C(C)n2nc(C)c3c(C)ncnc32)cc(Cl)c(F)c1C1CN(C[C@H](C)O)C1. The van der Waals surface area contributed by atoms with Crippen LogP contribution in [-0.4, -0.2) is 62.6 Å². The largest absolute Gasteiger partial charge is 0.496 e. The Bertz CT molecular complexity index is 1130. The van der Waals surface area contributed by atoms with Crippen LogP contribution in [0.3, 0.4) is 0 Å². The quantitative estimate of drug-likeness (QED) is 0.621. The zero-order valence-electron chi connectivity index (χ0n) is 18.4. The molecule has 7 nitrogen and oxygen atoms in total. The van der Waals surface area contributed by atoms with Gasteiger partial charge >= 0.3 is 0 Å².